The van der Waals surface area contributed by atoms with E-state index >= 15 is 0 Å². The summed E-state index contributed by atoms with van der Waals surface area (Å²) in [4.78, 5) is 0. The summed E-state index contributed by atoms with van der Waals surface area (Å²) in [6.45, 7) is 3.04. The Kier molecular flexibility index (Phi) is 5.04. The molecule has 0 radical (unpaired) electrons. The van der Waals surface area contributed by atoms with Gasteiger partial charge >= 0.3 is 0 Å². The van der Waals surface area contributed by atoms with Gasteiger partial charge in [0.15, 0.2) is 11.5 Å². The molecule has 0 aliphatic heterocycles. The van der Waals surface area contributed by atoms with Gasteiger partial charge in [-0.3, -0.25) is 0 Å². The Morgan fingerprint density at radius 2 is 1.95 bits per heavy atom. The molecule has 2 rings (SSSR count). The number of benzene rings is 2. The van der Waals surface area contributed by atoms with Crippen molar-refractivity contribution in [3.05, 3.63) is 57.6 Å². The molecule has 2 aromatic rings. The Morgan fingerprint density at radius 3 is 2.60 bits per heavy atom. The molecule has 2 N–H and O–H groups in total. The Balaban J connectivity index is 2.23. The fourth-order valence-electron chi connectivity index (χ4n) is 1.95. The molecule has 0 aromatic heterocycles. The van der Waals surface area contributed by atoms with Crippen LogP contribution >= 0.6 is 15.9 Å². The minimum Gasteiger partial charge on any atom is -0.493 e. The average molecular weight is 336 g/mol. The molecule has 0 aliphatic rings. The second-order valence-corrected chi connectivity index (χ2v) is 5.38. The van der Waals surface area contributed by atoms with Crippen molar-refractivity contribution in [2.45, 2.75) is 20.1 Å². The van der Waals surface area contributed by atoms with Gasteiger partial charge in [-0.15, -0.1) is 0 Å². The van der Waals surface area contributed by atoms with Crippen LogP contribution in [-0.2, 0) is 13.2 Å². The van der Waals surface area contributed by atoms with Crippen molar-refractivity contribution < 1.29 is 9.47 Å². The zero-order valence-electron chi connectivity index (χ0n) is 11.7. The molecule has 3 nitrogen and oxygen atoms in total. The van der Waals surface area contributed by atoms with E-state index in [9.17, 15) is 0 Å². The summed E-state index contributed by atoms with van der Waals surface area (Å²) in [5, 5.41) is 0. The maximum Gasteiger partial charge on any atom is 0.175 e. The van der Waals surface area contributed by atoms with Crippen LogP contribution in [0.5, 0.6) is 11.5 Å². The molecule has 0 unspecified atom stereocenters. The number of ether oxygens (including phenoxy) is 2. The summed E-state index contributed by atoms with van der Waals surface area (Å²) in [7, 11) is 1.63. The third-order valence-electron chi connectivity index (χ3n) is 3.16. The van der Waals surface area contributed by atoms with E-state index in [0.717, 1.165) is 15.6 Å². The maximum atomic E-state index is 5.91. The molecule has 0 spiro atoms. The number of hydrogen-bond acceptors (Lipinski definition) is 3. The van der Waals surface area contributed by atoms with Crippen LogP contribution in [0, 0.1) is 6.92 Å². The lowest BCUT2D eigenvalue weighted by atomic mass is 10.1. The van der Waals surface area contributed by atoms with Crippen LogP contribution in [0.1, 0.15) is 16.7 Å². The van der Waals surface area contributed by atoms with Gasteiger partial charge in [-0.05, 0) is 51.7 Å². The molecule has 4 heteroatoms. The summed E-state index contributed by atoms with van der Waals surface area (Å²) in [5.41, 5.74) is 9.02. The van der Waals surface area contributed by atoms with E-state index < -0.39 is 0 Å². The molecule has 0 fully saturated rings. The average Bonchev–Trinajstić information content (AvgIpc) is 2.46. The SMILES string of the molecule is COc1cc(CN)cc(Br)c1OCc1ccccc1C. The smallest absolute Gasteiger partial charge is 0.175 e. The fourth-order valence-corrected chi connectivity index (χ4v) is 2.56. The molecule has 0 atom stereocenters. The molecule has 2 aromatic carbocycles. The van der Waals surface area contributed by atoms with Crippen LogP contribution in [-0.4, -0.2) is 7.11 Å². The summed E-state index contributed by atoms with van der Waals surface area (Å²) in [6.07, 6.45) is 0. The van der Waals surface area contributed by atoms with Crippen LogP contribution in [0.15, 0.2) is 40.9 Å². The lowest BCUT2D eigenvalue weighted by molar-refractivity contribution is 0.282. The number of aryl methyl sites for hydroxylation is 1. The highest BCUT2D eigenvalue weighted by Crippen LogP contribution is 2.37. The zero-order chi connectivity index (χ0) is 14.5. The number of hydrogen-bond donors (Lipinski definition) is 1. The zero-order valence-corrected chi connectivity index (χ0v) is 13.2. The molecular weight excluding hydrogens is 318 g/mol. The second kappa shape index (κ2) is 6.77. The number of nitrogens with two attached hydrogens (primary N) is 1. The summed E-state index contributed by atoms with van der Waals surface area (Å²) < 4.78 is 12.1. The van der Waals surface area contributed by atoms with E-state index in [1.165, 1.54) is 5.56 Å². The molecule has 20 heavy (non-hydrogen) atoms. The van der Waals surface area contributed by atoms with Gasteiger partial charge in [-0.25, -0.2) is 0 Å². The minimum atomic E-state index is 0.465. The quantitative estimate of drug-likeness (QED) is 0.903. The Labute approximate surface area is 127 Å². The van der Waals surface area contributed by atoms with Gasteiger partial charge in [-0.1, -0.05) is 24.3 Å². The monoisotopic (exact) mass is 335 g/mol. The van der Waals surface area contributed by atoms with E-state index in [0.29, 0.717) is 24.7 Å². The van der Waals surface area contributed by atoms with Gasteiger partial charge < -0.3 is 15.2 Å². The number of rotatable bonds is 5. The first kappa shape index (κ1) is 14.9. The van der Waals surface area contributed by atoms with Crippen molar-refractivity contribution in [3.63, 3.8) is 0 Å². The lowest BCUT2D eigenvalue weighted by Crippen LogP contribution is -2.02. The van der Waals surface area contributed by atoms with Crippen LogP contribution in [0.2, 0.25) is 0 Å². The Hall–Kier alpha value is -1.52. The maximum absolute atomic E-state index is 5.91. The normalized spacial score (nSPS) is 10.4. The topological polar surface area (TPSA) is 44.5 Å². The van der Waals surface area contributed by atoms with Crippen LogP contribution < -0.4 is 15.2 Å². The van der Waals surface area contributed by atoms with Crippen molar-refractivity contribution >= 4 is 15.9 Å². The Bertz CT molecular complexity index is 599. The van der Waals surface area contributed by atoms with Crippen molar-refractivity contribution in [2.75, 3.05) is 7.11 Å². The van der Waals surface area contributed by atoms with Gasteiger partial charge in [0, 0.05) is 6.54 Å². The first-order chi connectivity index (χ1) is 9.65. The highest BCUT2D eigenvalue weighted by atomic mass is 79.9. The fraction of sp³-hybridized carbons (Fsp3) is 0.250. The minimum absolute atomic E-state index is 0.465. The standard InChI is InChI=1S/C16H18BrNO2/c1-11-5-3-4-6-13(11)10-20-16-14(17)7-12(9-18)8-15(16)19-2/h3-8H,9-10,18H2,1-2H3. The highest BCUT2D eigenvalue weighted by molar-refractivity contribution is 9.10. The lowest BCUT2D eigenvalue weighted by Gasteiger charge is -2.15. The van der Waals surface area contributed by atoms with E-state index in [1.54, 1.807) is 7.11 Å². The Morgan fingerprint density at radius 1 is 1.20 bits per heavy atom. The number of halogens is 1. The molecular formula is C16H18BrNO2. The van der Waals surface area contributed by atoms with Crippen LogP contribution in [0.25, 0.3) is 0 Å². The van der Waals surface area contributed by atoms with Crippen molar-refractivity contribution in [1.29, 1.82) is 0 Å². The van der Waals surface area contributed by atoms with Crippen LogP contribution in [0.4, 0.5) is 0 Å². The third-order valence-corrected chi connectivity index (χ3v) is 3.75. The highest BCUT2D eigenvalue weighted by Gasteiger charge is 2.12. The predicted octanol–water partition coefficient (Wildman–Crippen LogP) is 3.80. The van der Waals surface area contributed by atoms with E-state index in [2.05, 4.69) is 35.0 Å². The van der Waals surface area contributed by atoms with Crippen LogP contribution in [0.3, 0.4) is 0 Å². The molecule has 0 heterocycles. The molecule has 0 amide bonds. The molecule has 0 aliphatic carbocycles. The van der Waals surface area contributed by atoms with Crippen molar-refractivity contribution in [3.8, 4) is 11.5 Å². The predicted molar refractivity (Wildman–Crippen MR) is 84.1 cm³/mol. The molecule has 0 saturated carbocycles. The van der Waals surface area contributed by atoms with Gasteiger partial charge in [0.2, 0.25) is 0 Å². The summed E-state index contributed by atoms with van der Waals surface area (Å²) >= 11 is 3.51. The van der Waals surface area contributed by atoms with E-state index in [4.69, 9.17) is 15.2 Å². The second-order valence-electron chi connectivity index (χ2n) is 4.53. The first-order valence-corrected chi connectivity index (χ1v) is 7.18. The summed E-state index contributed by atoms with van der Waals surface area (Å²) in [6, 6.07) is 12.0. The van der Waals surface area contributed by atoms with Gasteiger partial charge in [0.1, 0.15) is 6.61 Å². The van der Waals surface area contributed by atoms with Crippen molar-refractivity contribution in [2.24, 2.45) is 5.73 Å². The number of methoxy groups -OCH3 is 1. The summed E-state index contributed by atoms with van der Waals surface area (Å²) in [5.74, 6) is 1.39. The first-order valence-electron chi connectivity index (χ1n) is 6.39. The van der Waals surface area contributed by atoms with E-state index in [-0.39, 0.29) is 0 Å². The van der Waals surface area contributed by atoms with Gasteiger partial charge in [0.05, 0.1) is 11.6 Å². The molecule has 0 saturated heterocycles. The van der Waals surface area contributed by atoms with Crippen molar-refractivity contribution in [1.82, 2.24) is 0 Å². The van der Waals surface area contributed by atoms with Gasteiger partial charge in [-0.2, -0.15) is 0 Å². The third kappa shape index (κ3) is 3.32. The molecule has 0 bridgehead atoms. The molecule has 106 valence electrons. The van der Waals surface area contributed by atoms with E-state index in [1.807, 2.05) is 24.3 Å². The van der Waals surface area contributed by atoms with Gasteiger partial charge in [0.25, 0.3) is 0 Å². The largest absolute Gasteiger partial charge is 0.493 e.